The maximum atomic E-state index is 13.1. The molecule has 0 spiro atoms. The van der Waals surface area contributed by atoms with Crippen LogP contribution in [0.25, 0.3) is 0 Å². The molecule has 2 aromatic rings. The highest BCUT2D eigenvalue weighted by Gasteiger charge is 2.29. The van der Waals surface area contributed by atoms with Gasteiger partial charge in [0.05, 0.1) is 12.8 Å². The molecule has 1 aromatic heterocycles. The van der Waals surface area contributed by atoms with E-state index in [4.69, 9.17) is 9.88 Å². The van der Waals surface area contributed by atoms with Crippen LogP contribution in [0.15, 0.2) is 21.5 Å². The van der Waals surface area contributed by atoms with Crippen molar-refractivity contribution in [3.8, 4) is 5.88 Å². The fraction of sp³-hybridized carbons (Fsp3) is 0.500. The van der Waals surface area contributed by atoms with Gasteiger partial charge in [0.25, 0.3) is 0 Å². The fourth-order valence-corrected chi connectivity index (χ4v) is 5.80. The Balaban J connectivity index is 1.50. The second-order valence-electron chi connectivity index (χ2n) is 8.08. The SMILES string of the molecule is C[C@H]1CCc2cc3c(c(NC(=O)N=[S@](N)(=O)c4cnn5c4OCCC5)c21)CCC3. The van der Waals surface area contributed by atoms with Crippen molar-refractivity contribution in [2.45, 2.75) is 62.8 Å². The molecule has 3 N–H and O–H groups in total. The molecule has 8 nitrogen and oxygen atoms in total. The molecule has 3 aliphatic rings. The molecule has 29 heavy (non-hydrogen) atoms. The summed E-state index contributed by atoms with van der Waals surface area (Å²) in [6, 6.07) is 1.62. The van der Waals surface area contributed by atoms with Gasteiger partial charge in [0.15, 0.2) is 9.92 Å². The number of aromatic nitrogens is 2. The first kappa shape index (κ1) is 18.6. The second-order valence-corrected chi connectivity index (χ2v) is 9.84. The first-order valence-corrected chi connectivity index (χ1v) is 11.7. The molecule has 0 unspecified atom stereocenters. The Morgan fingerprint density at radius 1 is 1.34 bits per heavy atom. The quantitative estimate of drug-likeness (QED) is 0.785. The van der Waals surface area contributed by atoms with Gasteiger partial charge in [-0.1, -0.05) is 13.0 Å². The molecule has 0 bridgehead atoms. The van der Waals surface area contributed by atoms with Gasteiger partial charge in [-0.05, 0) is 60.3 Å². The smallest absolute Gasteiger partial charge is 0.354 e. The van der Waals surface area contributed by atoms with E-state index in [9.17, 15) is 9.00 Å². The molecule has 0 radical (unpaired) electrons. The van der Waals surface area contributed by atoms with Crippen molar-refractivity contribution in [1.82, 2.24) is 9.78 Å². The maximum Gasteiger partial charge on any atom is 0.354 e. The largest absolute Gasteiger partial charge is 0.477 e. The van der Waals surface area contributed by atoms with E-state index in [0.717, 1.165) is 44.2 Å². The van der Waals surface area contributed by atoms with Crippen molar-refractivity contribution < 1.29 is 13.7 Å². The molecular formula is C20H25N5O3S. The number of hydrogen-bond acceptors (Lipinski definition) is 4. The topological polar surface area (TPSA) is 112 Å². The molecule has 154 valence electrons. The highest BCUT2D eigenvalue weighted by molar-refractivity contribution is 7.91. The first-order chi connectivity index (χ1) is 13.9. The van der Waals surface area contributed by atoms with E-state index < -0.39 is 15.9 Å². The van der Waals surface area contributed by atoms with Gasteiger partial charge in [-0.3, -0.25) is 0 Å². The minimum absolute atomic E-state index is 0.171. The summed E-state index contributed by atoms with van der Waals surface area (Å²) in [7, 11) is -3.46. The Morgan fingerprint density at radius 3 is 3.07 bits per heavy atom. The molecule has 2 aliphatic carbocycles. The van der Waals surface area contributed by atoms with Gasteiger partial charge in [-0.15, -0.1) is 4.36 Å². The van der Waals surface area contributed by atoms with Crippen LogP contribution in [0.3, 0.4) is 0 Å². The summed E-state index contributed by atoms with van der Waals surface area (Å²) in [6.07, 6.45) is 7.36. The van der Waals surface area contributed by atoms with Crippen molar-refractivity contribution >= 4 is 21.6 Å². The molecule has 9 heteroatoms. The zero-order valence-corrected chi connectivity index (χ0v) is 17.3. The van der Waals surface area contributed by atoms with E-state index in [1.165, 1.54) is 28.5 Å². The molecule has 2 atom stereocenters. The van der Waals surface area contributed by atoms with Gasteiger partial charge in [0, 0.05) is 18.7 Å². The van der Waals surface area contributed by atoms with E-state index in [2.05, 4.69) is 27.8 Å². The monoisotopic (exact) mass is 415 g/mol. The standard InChI is InChI=1S/C20H25N5O3S/c1-12-6-7-14-10-13-4-2-5-15(13)18(17(12)14)23-20(26)24-29(21,27)16-11-22-25-8-3-9-28-19(16)25/h10-12H,2-9H2,1H3,(H3,21,23,24,26,27)/t12-,29-/m0/s1. The van der Waals surface area contributed by atoms with Crippen LogP contribution in [0, 0.1) is 0 Å². The maximum absolute atomic E-state index is 13.1. The third-order valence-electron chi connectivity index (χ3n) is 6.14. The third kappa shape index (κ3) is 3.12. The van der Waals surface area contributed by atoms with Gasteiger partial charge in [-0.2, -0.15) is 5.10 Å². The number of rotatable bonds is 2. The van der Waals surface area contributed by atoms with Crippen LogP contribution >= 0.6 is 0 Å². The van der Waals surface area contributed by atoms with Gasteiger partial charge in [0.2, 0.25) is 5.88 Å². The molecule has 2 amide bonds. The Labute approximate surface area is 170 Å². The lowest BCUT2D eigenvalue weighted by Crippen LogP contribution is -2.21. The number of hydrogen-bond donors (Lipinski definition) is 2. The zero-order chi connectivity index (χ0) is 20.2. The van der Waals surface area contributed by atoms with Crippen LogP contribution < -0.4 is 15.2 Å². The average Bonchev–Trinajstić information content (AvgIpc) is 3.39. The number of aryl methyl sites for hydroxylation is 3. The molecule has 1 aliphatic heterocycles. The van der Waals surface area contributed by atoms with E-state index >= 15 is 0 Å². The number of benzene rings is 1. The lowest BCUT2D eigenvalue weighted by Gasteiger charge is -2.18. The highest BCUT2D eigenvalue weighted by atomic mass is 32.2. The number of nitrogens with two attached hydrogens (primary N) is 1. The summed E-state index contributed by atoms with van der Waals surface area (Å²) in [5, 5.41) is 13.1. The molecule has 0 saturated heterocycles. The minimum Gasteiger partial charge on any atom is -0.477 e. The summed E-state index contributed by atoms with van der Waals surface area (Å²) < 4.78 is 24.1. The number of nitrogens with zero attached hydrogens (tertiary/aromatic N) is 3. The van der Waals surface area contributed by atoms with Crippen LogP contribution in [-0.4, -0.2) is 26.6 Å². The van der Waals surface area contributed by atoms with Crippen LogP contribution in [0.4, 0.5) is 10.5 Å². The van der Waals surface area contributed by atoms with E-state index in [0.29, 0.717) is 24.9 Å². The fourth-order valence-electron chi connectivity index (χ4n) is 4.80. The van der Waals surface area contributed by atoms with Crippen LogP contribution in [0.1, 0.15) is 54.4 Å². The summed E-state index contributed by atoms with van der Waals surface area (Å²) in [4.78, 5) is 13.0. The Hall–Kier alpha value is -2.39. The lowest BCUT2D eigenvalue weighted by atomic mass is 9.95. The Kier molecular flexibility index (Phi) is 4.40. The zero-order valence-electron chi connectivity index (χ0n) is 16.4. The number of nitrogens with one attached hydrogen (secondary N) is 1. The number of carbonyl (C=O) groups excluding carboxylic acids is 1. The molecule has 2 heterocycles. The molecule has 1 aromatic carbocycles. The predicted octanol–water partition coefficient (Wildman–Crippen LogP) is 3.14. The normalized spacial score (nSPS) is 21.5. The van der Waals surface area contributed by atoms with Gasteiger partial charge in [0.1, 0.15) is 4.90 Å². The number of carbonyl (C=O) groups is 1. The molecule has 5 rings (SSSR count). The lowest BCUT2D eigenvalue weighted by molar-refractivity contribution is 0.224. The number of urea groups is 1. The first-order valence-electron chi connectivity index (χ1n) is 10.2. The van der Waals surface area contributed by atoms with Crippen LogP contribution in [-0.2, 0) is 35.7 Å². The summed E-state index contributed by atoms with van der Waals surface area (Å²) in [5.74, 6) is 0.722. The highest BCUT2D eigenvalue weighted by Crippen LogP contribution is 2.44. The molecule has 0 saturated carbocycles. The van der Waals surface area contributed by atoms with Gasteiger partial charge >= 0.3 is 6.03 Å². The van der Waals surface area contributed by atoms with Crippen molar-refractivity contribution in [2.24, 2.45) is 9.50 Å². The average molecular weight is 416 g/mol. The number of amides is 2. The third-order valence-corrected chi connectivity index (χ3v) is 7.49. The van der Waals surface area contributed by atoms with Crippen LogP contribution in [0.5, 0.6) is 5.88 Å². The van der Waals surface area contributed by atoms with Crippen LogP contribution in [0.2, 0.25) is 0 Å². The summed E-state index contributed by atoms with van der Waals surface area (Å²) in [5.41, 5.74) is 5.86. The van der Waals surface area contributed by atoms with E-state index in [1.54, 1.807) is 4.68 Å². The van der Waals surface area contributed by atoms with Crippen molar-refractivity contribution in [1.29, 1.82) is 0 Å². The summed E-state index contributed by atoms with van der Waals surface area (Å²) >= 11 is 0. The second kappa shape index (κ2) is 6.84. The van der Waals surface area contributed by atoms with Gasteiger partial charge in [-0.25, -0.2) is 18.8 Å². The minimum atomic E-state index is -3.46. The predicted molar refractivity (Wildman–Crippen MR) is 110 cm³/mol. The summed E-state index contributed by atoms with van der Waals surface area (Å²) in [6.45, 7) is 3.35. The van der Waals surface area contributed by atoms with Crippen molar-refractivity contribution in [3.63, 3.8) is 0 Å². The number of ether oxygens (including phenoxy) is 1. The van der Waals surface area contributed by atoms with E-state index in [-0.39, 0.29) is 4.90 Å². The Bertz CT molecular complexity index is 1130. The number of anilines is 1. The molecule has 0 fully saturated rings. The number of fused-ring (bicyclic) bond motifs is 3. The van der Waals surface area contributed by atoms with Crippen molar-refractivity contribution in [2.75, 3.05) is 11.9 Å². The Morgan fingerprint density at radius 2 is 2.21 bits per heavy atom. The molecular weight excluding hydrogens is 390 g/mol. The van der Waals surface area contributed by atoms with Gasteiger partial charge < -0.3 is 10.1 Å². The van der Waals surface area contributed by atoms with E-state index in [1.807, 2.05) is 0 Å². The van der Waals surface area contributed by atoms with Crippen molar-refractivity contribution in [3.05, 3.63) is 34.5 Å².